The van der Waals surface area contributed by atoms with Crippen LogP contribution >= 0.6 is 11.8 Å². The molecular weight excluding hydrogens is 382 g/mol. The van der Waals surface area contributed by atoms with Gasteiger partial charge in [0.2, 0.25) is 0 Å². The minimum Gasteiger partial charge on any atom is -0.507 e. The summed E-state index contributed by atoms with van der Waals surface area (Å²) in [6.45, 7) is 0. The fourth-order valence-corrected chi connectivity index (χ4v) is 2.42. The number of rotatable bonds is 3. The lowest BCUT2D eigenvalue weighted by Crippen LogP contribution is -2.19. The van der Waals surface area contributed by atoms with E-state index >= 15 is 0 Å². The number of aromatic hydroxyl groups is 1. The monoisotopic (exact) mass is 391 g/mol. The molecule has 138 valence electrons. The van der Waals surface area contributed by atoms with E-state index in [9.17, 15) is 32.3 Å². The van der Waals surface area contributed by atoms with Crippen LogP contribution < -0.4 is 5.32 Å². The minimum absolute atomic E-state index is 0.0187. The van der Waals surface area contributed by atoms with Gasteiger partial charge in [-0.05, 0) is 17.8 Å². The van der Waals surface area contributed by atoms with Crippen molar-refractivity contribution in [1.29, 1.82) is 0 Å². The number of carbonyl (C=O) groups is 2. The van der Waals surface area contributed by atoms with Gasteiger partial charge in [0.1, 0.15) is 11.6 Å². The number of alkyl halides is 3. The molecular formula is C14H9F4N3O4S. The molecule has 0 unspecified atom stereocenters. The van der Waals surface area contributed by atoms with Gasteiger partial charge < -0.3 is 9.84 Å². The van der Waals surface area contributed by atoms with E-state index in [4.69, 9.17) is 0 Å². The third-order valence-electron chi connectivity index (χ3n) is 2.87. The Morgan fingerprint density at radius 2 is 2.08 bits per heavy atom. The van der Waals surface area contributed by atoms with Crippen LogP contribution in [0.3, 0.4) is 0 Å². The summed E-state index contributed by atoms with van der Waals surface area (Å²) in [6, 6.07) is 0.679. The summed E-state index contributed by atoms with van der Waals surface area (Å²) in [5.74, 6) is -3.80. The van der Waals surface area contributed by atoms with Crippen LogP contribution in [0.1, 0.15) is 11.1 Å². The second-order valence-corrected chi connectivity index (χ2v) is 5.66. The number of ether oxygens (including phenoxy) is 1. The van der Waals surface area contributed by atoms with Gasteiger partial charge >= 0.3 is 12.1 Å². The van der Waals surface area contributed by atoms with Crippen molar-refractivity contribution < 1.29 is 37.0 Å². The maximum atomic E-state index is 13.3. The standard InChI is InChI=1S/C14H9F4N3O4S/c1-25-11(23)4-10-12(24)20-13(26-10)21-19-5-6-2-7(14(16,17)18)8(15)3-9(6)22/h2-5,22H,1H3,(H,20,21,24)/b10-4+,19-5?. The first kappa shape index (κ1) is 19.4. The zero-order chi connectivity index (χ0) is 19.5. The van der Waals surface area contributed by atoms with E-state index in [0.29, 0.717) is 12.1 Å². The zero-order valence-electron chi connectivity index (χ0n) is 12.8. The van der Waals surface area contributed by atoms with Crippen molar-refractivity contribution in [2.45, 2.75) is 6.18 Å². The SMILES string of the molecule is COC(=O)/C=C1/S/C(=N\N=Cc2cc(C(F)(F)F)c(F)cc2O)NC1=O. The van der Waals surface area contributed by atoms with Gasteiger partial charge in [-0.15, -0.1) is 5.10 Å². The van der Waals surface area contributed by atoms with Crippen LogP contribution in [0.25, 0.3) is 0 Å². The van der Waals surface area contributed by atoms with Crippen LogP contribution in [0.2, 0.25) is 0 Å². The molecule has 1 aliphatic rings. The molecule has 12 heteroatoms. The fourth-order valence-electron chi connectivity index (χ4n) is 1.68. The highest BCUT2D eigenvalue weighted by atomic mass is 32.2. The molecule has 2 N–H and O–H groups in total. The largest absolute Gasteiger partial charge is 0.507 e. The van der Waals surface area contributed by atoms with Crippen LogP contribution in [0.15, 0.2) is 33.3 Å². The third-order valence-corrected chi connectivity index (χ3v) is 3.77. The number of hydrogen-bond donors (Lipinski definition) is 2. The van der Waals surface area contributed by atoms with Gasteiger partial charge in [-0.3, -0.25) is 10.1 Å². The highest BCUT2D eigenvalue weighted by molar-refractivity contribution is 8.18. The van der Waals surface area contributed by atoms with Gasteiger partial charge in [-0.25, -0.2) is 9.18 Å². The number of amidine groups is 1. The van der Waals surface area contributed by atoms with Crippen molar-refractivity contribution in [2.24, 2.45) is 10.2 Å². The second kappa shape index (κ2) is 7.56. The molecule has 0 aromatic heterocycles. The highest BCUT2D eigenvalue weighted by Crippen LogP contribution is 2.34. The Kier molecular flexibility index (Phi) is 5.65. The fraction of sp³-hybridized carbons (Fsp3) is 0.143. The Morgan fingerprint density at radius 1 is 1.38 bits per heavy atom. The first-order valence-corrected chi connectivity index (χ1v) is 7.43. The van der Waals surface area contributed by atoms with Gasteiger partial charge in [0, 0.05) is 17.7 Å². The average molecular weight is 391 g/mol. The number of nitrogens with one attached hydrogen (secondary N) is 1. The molecule has 1 amide bonds. The number of phenolic OH excluding ortho intramolecular Hbond substituents is 1. The predicted octanol–water partition coefficient (Wildman–Crippen LogP) is 2.16. The Balaban J connectivity index is 2.21. The maximum Gasteiger partial charge on any atom is 0.419 e. The van der Waals surface area contributed by atoms with Crippen molar-refractivity contribution in [1.82, 2.24) is 5.32 Å². The first-order valence-electron chi connectivity index (χ1n) is 6.61. The highest BCUT2D eigenvalue weighted by Gasteiger charge is 2.34. The summed E-state index contributed by atoms with van der Waals surface area (Å²) in [5, 5.41) is 18.7. The van der Waals surface area contributed by atoms with Crippen LogP contribution in [0.4, 0.5) is 17.6 Å². The first-order chi connectivity index (χ1) is 12.1. The molecule has 1 heterocycles. The summed E-state index contributed by atoms with van der Waals surface area (Å²) in [6.07, 6.45) is -3.27. The number of methoxy groups -OCH3 is 1. The second-order valence-electron chi connectivity index (χ2n) is 4.63. The van der Waals surface area contributed by atoms with Gasteiger partial charge in [0.15, 0.2) is 5.17 Å². The van der Waals surface area contributed by atoms with E-state index in [0.717, 1.165) is 31.2 Å². The summed E-state index contributed by atoms with van der Waals surface area (Å²) < 4.78 is 55.6. The molecule has 0 bridgehead atoms. The topological polar surface area (TPSA) is 100 Å². The number of benzene rings is 1. The van der Waals surface area contributed by atoms with Crippen molar-refractivity contribution >= 4 is 35.0 Å². The quantitative estimate of drug-likeness (QED) is 0.270. The van der Waals surface area contributed by atoms with Crippen LogP contribution in [0.5, 0.6) is 5.75 Å². The number of phenols is 1. The van der Waals surface area contributed by atoms with Crippen molar-refractivity contribution in [3.05, 3.63) is 40.1 Å². The van der Waals surface area contributed by atoms with E-state index in [1.807, 2.05) is 0 Å². The zero-order valence-corrected chi connectivity index (χ0v) is 13.6. The molecule has 1 aromatic rings. The number of nitrogens with zero attached hydrogens (tertiary/aromatic N) is 2. The van der Waals surface area contributed by atoms with Gasteiger partial charge in [0.25, 0.3) is 5.91 Å². The molecule has 2 rings (SSSR count). The summed E-state index contributed by atoms with van der Waals surface area (Å²) >= 11 is 0.745. The molecule has 0 aliphatic carbocycles. The number of hydrogen-bond acceptors (Lipinski definition) is 7. The molecule has 26 heavy (non-hydrogen) atoms. The molecule has 0 spiro atoms. The Morgan fingerprint density at radius 3 is 2.69 bits per heavy atom. The van der Waals surface area contributed by atoms with Crippen molar-refractivity contribution in [2.75, 3.05) is 7.11 Å². The molecule has 1 aromatic carbocycles. The van der Waals surface area contributed by atoms with Crippen LogP contribution in [0, 0.1) is 5.82 Å². The summed E-state index contributed by atoms with van der Waals surface area (Å²) in [5.41, 5.74) is -2.00. The number of halogens is 4. The number of thioether (sulfide) groups is 1. The lowest BCUT2D eigenvalue weighted by atomic mass is 10.1. The molecule has 0 radical (unpaired) electrons. The lowest BCUT2D eigenvalue weighted by molar-refractivity contribution is -0.140. The molecule has 1 aliphatic heterocycles. The molecule has 1 saturated heterocycles. The number of carbonyl (C=O) groups excluding carboxylic acids is 2. The molecule has 0 atom stereocenters. The van der Waals surface area contributed by atoms with E-state index < -0.39 is 40.7 Å². The van der Waals surface area contributed by atoms with Gasteiger partial charge in [-0.2, -0.15) is 18.3 Å². The van der Waals surface area contributed by atoms with Gasteiger partial charge in [0.05, 0.1) is 23.8 Å². The summed E-state index contributed by atoms with van der Waals surface area (Å²) in [4.78, 5) is 22.6. The normalized spacial score (nSPS) is 18.0. The van der Waals surface area contributed by atoms with E-state index in [1.54, 1.807) is 0 Å². The van der Waals surface area contributed by atoms with Crippen LogP contribution in [-0.4, -0.2) is 35.5 Å². The Bertz CT molecular complexity index is 849. The van der Waals surface area contributed by atoms with E-state index in [1.165, 1.54) is 0 Å². The van der Waals surface area contributed by atoms with Crippen molar-refractivity contribution in [3.8, 4) is 5.75 Å². The van der Waals surface area contributed by atoms with Crippen LogP contribution in [-0.2, 0) is 20.5 Å². The molecule has 7 nitrogen and oxygen atoms in total. The minimum atomic E-state index is -4.95. The average Bonchev–Trinajstić information content (AvgIpc) is 2.87. The molecule has 1 fully saturated rings. The van der Waals surface area contributed by atoms with E-state index in [2.05, 4.69) is 20.3 Å². The van der Waals surface area contributed by atoms with Crippen molar-refractivity contribution in [3.63, 3.8) is 0 Å². The third kappa shape index (κ3) is 4.59. The lowest BCUT2D eigenvalue weighted by Gasteiger charge is -2.09. The smallest absolute Gasteiger partial charge is 0.419 e. The number of amides is 1. The van der Waals surface area contributed by atoms with E-state index in [-0.39, 0.29) is 10.1 Å². The Labute approximate surface area is 147 Å². The van der Waals surface area contributed by atoms with Gasteiger partial charge in [-0.1, -0.05) is 0 Å². The number of esters is 1. The Hall–Kier alpha value is -2.89. The maximum absolute atomic E-state index is 13.3. The summed E-state index contributed by atoms with van der Waals surface area (Å²) in [7, 11) is 1.13. The molecule has 0 saturated carbocycles. The predicted molar refractivity (Wildman–Crippen MR) is 83.9 cm³/mol.